The molecule has 1 unspecified atom stereocenters. The third kappa shape index (κ3) is 2.29. The Bertz CT molecular complexity index is 362. The van der Waals surface area contributed by atoms with Gasteiger partial charge in [0.15, 0.2) is 0 Å². The maximum Gasteiger partial charge on any atom is 0.144 e. The first kappa shape index (κ1) is 10.8. The Morgan fingerprint density at radius 1 is 1.20 bits per heavy atom. The summed E-state index contributed by atoms with van der Waals surface area (Å²) in [5.41, 5.74) is 0.473. The highest BCUT2D eigenvalue weighted by Crippen LogP contribution is 2.28. The quantitative estimate of drug-likeness (QED) is 0.731. The second-order valence-electron chi connectivity index (χ2n) is 3.79. The Morgan fingerprint density at radius 2 is 2.00 bits per heavy atom. The van der Waals surface area contributed by atoms with Crippen molar-refractivity contribution in [3.63, 3.8) is 0 Å². The van der Waals surface area contributed by atoms with Crippen LogP contribution in [-0.2, 0) is 0 Å². The fourth-order valence-corrected chi connectivity index (χ4v) is 2.09. The number of rotatable bonds is 1. The average Bonchev–Trinajstić information content (AvgIpc) is 2.25. The van der Waals surface area contributed by atoms with Crippen LogP contribution in [0.2, 0.25) is 5.02 Å². The van der Waals surface area contributed by atoms with Gasteiger partial charge in [-0.2, -0.15) is 0 Å². The molecular formula is C11H12ClF2N. The topological polar surface area (TPSA) is 12.0 Å². The zero-order valence-corrected chi connectivity index (χ0v) is 8.95. The minimum Gasteiger partial charge on any atom is -0.310 e. The summed E-state index contributed by atoms with van der Waals surface area (Å²) in [5, 5.41) is 3.19. The van der Waals surface area contributed by atoms with E-state index < -0.39 is 11.6 Å². The highest BCUT2D eigenvalue weighted by molar-refractivity contribution is 6.30. The Balaban J connectivity index is 2.30. The van der Waals surface area contributed by atoms with Gasteiger partial charge in [-0.15, -0.1) is 0 Å². The molecule has 0 saturated carbocycles. The molecule has 1 fully saturated rings. The summed E-state index contributed by atoms with van der Waals surface area (Å²) in [7, 11) is 0. The molecule has 15 heavy (non-hydrogen) atoms. The molecular weight excluding hydrogens is 220 g/mol. The van der Waals surface area contributed by atoms with Crippen LogP contribution < -0.4 is 5.32 Å². The van der Waals surface area contributed by atoms with Gasteiger partial charge in [-0.3, -0.25) is 0 Å². The van der Waals surface area contributed by atoms with Gasteiger partial charge in [-0.25, -0.2) is 8.78 Å². The van der Waals surface area contributed by atoms with Gasteiger partial charge in [0.05, 0.1) is 5.02 Å². The van der Waals surface area contributed by atoms with Crippen molar-refractivity contribution < 1.29 is 8.78 Å². The van der Waals surface area contributed by atoms with E-state index in [4.69, 9.17) is 11.6 Å². The first-order chi connectivity index (χ1) is 7.18. The van der Waals surface area contributed by atoms with E-state index in [9.17, 15) is 8.78 Å². The molecule has 1 aromatic rings. The van der Waals surface area contributed by atoms with Gasteiger partial charge >= 0.3 is 0 Å². The monoisotopic (exact) mass is 231 g/mol. The van der Waals surface area contributed by atoms with Gasteiger partial charge < -0.3 is 5.32 Å². The van der Waals surface area contributed by atoms with E-state index in [-0.39, 0.29) is 11.1 Å². The molecule has 1 aliphatic rings. The van der Waals surface area contributed by atoms with Gasteiger partial charge in [-0.1, -0.05) is 18.0 Å². The van der Waals surface area contributed by atoms with Gasteiger partial charge in [-0.05, 0) is 25.5 Å². The van der Waals surface area contributed by atoms with Crippen molar-refractivity contribution in [1.29, 1.82) is 0 Å². The minimum atomic E-state index is -0.700. The molecule has 1 aromatic carbocycles. The Labute approximate surface area is 92.4 Å². The second kappa shape index (κ2) is 4.45. The molecule has 0 radical (unpaired) electrons. The predicted molar refractivity (Wildman–Crippen MR) is 56.0 cm³/mol. The van der Waals surface area contributed by atoms with Crippen molar-refractivity contribution in [2.45, 2.75) is 25.3 Å². The van der Waals surface area contributed by atoms with Crippen molar-refractivity contribution in [3.05, 3.63) is 34.4 Å². The van der Waals surface area contributed by atoms with Crippen LogP contribution in [0.4, 0.5) is 8.78 Å². The lowest BCUT2D eigenvalue weighted by atomic mass is 9.97. The number of benzene rings is 1. The lowest BCUT2D eigenvalue weighted by Gasteiger charge is -2.24. The van der Waals surface area contributed by atoms with Crippen LogP contribution in [0.5, 0.6) is 0 Å². The van der Waals surface area contributed by atoms with E-state index >= 15 is 0 Å². The molecule has 82 valence electrons. The molecule has 0 spiro atoms. The lowest BCUT2D eigenvalue weighted by molar-refractivity contribution is 0.398. The molecule has 0 aromatic heterocycles. The molecule has 1 nitrogen and oxygen atoms in total. The summed E-state index contributed by atoms with van der Waals surface area (Å²) in [6.45, 7) is 0.874. The molecule has 0 aliphatic carbocycles. The van der Waals surface area contributed by atoms with Crippen LogP contribution in [0.3, 0.4) is 0 Å². The van der Waals surface area contributed by atoms with E-state index in [0.717, 1.165) is 31.9 Å². The van der Waals surface area contributed by atoms with Crippen LogP contribution in [0, 0.1) is 11.6 Å². The summed E-state index contributed by atoms with van der Waals surface area (Å²) >= 11 is 5.64. The Hall–Kier alpha value is -0.670. The number of nitrogens with one attached hydrogen (secondary N) is 1. The van der Waals surface area contributed by atoms with Crippen molar-refractivity contribution in [1.82, 2.24) is 5.32 Å². The Kier molecular flexibility index (Phi) is 3.22. The highest BCUT2D eigenvalue weighted by atomic mass is 35.5. The van der Waals surface area contributed by atoms with Crippen LogP contribution in [-0.4, -0.2) is 6.54 Å². The van der Waals surface area contributed by atoms with Crippen LogP contribution >= 0.6 is 11.6 Å². The molecule has 0 bridgehead atoms. The third-order valence-corrected chi connectivity index (χ3v) is 3.01. The van der Waals surface area contributed by atoms with Crippen molar-refractivity contribution in [3.8, 4) is 0 Å². The molecule has 1 atom stereocenters. The van der Waals surface area contributed by atoms with Crippen LogP contribution in [0.15, 0.2) is 12.1 Å². The second-order valence-corrected chi connectivity index (χ2v) is 4.20. The third-order valence-electron chi connectivity index (χ3n) is 2.73. The zero-order valence-electron chi connectivity index (χ0n) is 8.19. The summed E-state index contributed by atoms with van der Waals surface area (Å²) in [6.07, 6.45) is 3.04. The van der Waals surface area contributed by atoms with E-state index in [1.54, 1.807) is 0 Å². The average molecular weight is 232 g/mol. The summed E-state index contributed by atoms with van der Waals surface area (Å²) in [4.78, 5) is 0. The number of hydrogen-bond acceptors (Lipinski definition) is 1. The van der Waals surface area contributed by atoms with Crippen molar-refractivity contribution >= 4 is 11.6 Å². The first-order valence-electron chi connectivity index (χ1n) is 5.06. The molecule has 2 rings (SSSR count). The molecule has 1 saturated heterocycles. The van der Waals surface area contributed by atoms with Gasteiger partial charge in [0.25, 0.3) is 0 Å². The first-order valence-corrected chi connectivity index (χ1v) is 5.44. The standard InChI is InChI=1S/C11H12ClF2N/c12-8-5-7(9(13)6-10(8)14)11-3-1-2-4-15-11/h5-6,11,15H,1-4H2. The Morgan fingerprint density at radius 3 is 2.67 bits per heavy atom. The fourth-order valence-electron chi connectivity index (χ4n) is 1.92. The number of hydrogen-bond donors (Lipinski definition) is 1. The zero-order chi connectivity index (χ0) is 10.8. The van der Waals surface area contributed by atoms with E-state index in [2.05, 4.69) is 5.32 Å². The SMILES string of the molecule is Fc1cc(F)c(C2CCCCN2)cc1Cl. The minimum absolute atomic E-state index is 0.0150. The number of piperidine rings is 1. The highest BCUT2D eigenvalue weighted by Gasteiger charge is 2.19. The maximum absolute atomic E-state index is 13.5. The fraction of sp³-hybridized carbons (Fsp3) is 0.455. The van der Waals surface area contributed by atoms with E-state index in [1.165, 1.54) is 6.07 Å². The molecule has 1 heterocycles. The summed E-state index contributed by atoms with van der Waals surface area (Å²) < 4.78 is 26.4. The molecule has 1 N–H and O–H groups in total. The van der Waals surface area contributed by atoms with Crippen molar-refractivity contribution in [2.75, 3.05) is 6.54 Å². The summed E-state index contributed by atoms with van der Waals surface area (Å²) in [6, 6.07) is 2.21. The molecule has 0 amide bonds. The molecule has 4 heteroatoms. The lowest BCUT2D eigenvalue weighted by Crippen LogP contribution is -2.27. The van der Waals surface area contributed by atoms with Crippen molar-refractivity contribution in [2.24, 2.45) is 0 Å². The number of halogens is 3. The van der Waals surface area contributed by atoms with E-state index in [0.29, 0.717) is 5.56 Å². The maximum atomic E-state index is 13.5. The van der Waals surface area contributed by atoms with Gasteiger partial charge in [0.2, 0.25) is 0 Å². The van der Waals surface area contributed by atoms with Crippen LogP contribution in [0.25, 0.3) is 0 Å². The largest absolute Gasteiger partial charge is 0.310 e. The molecule has 1 aliphatic heterocycles. The van der Waals surface area contributed by atoms with Gasteiger partial charge in [0.1, 0.15) is 11.6 Å². The smallest absolute Gasteiger partial charge is 0.144 e. The summed E-state index contributed by atoms with van der Waals surface area (Å²) in [5.74, 6) is -1.22. The van der Waals surface area contributed by atoms with E-state index in [1.807, 2.05) is 0 Å². The predicted octanol–water partition coefficient (Wildman–Crippen LogP) is 3.43. The van der Waals surface area contributed by atoms with Crippen LogP contribution in [0.1, 0.15) is 30.9 Å². The normalized spacial score (nSPS) is 21.7. The van der Waals surface area contributed by atoms with Gasteiger partial charge in [0, 0.05) is 17.7 Å².